The zero-order valence-corrected chi connectivity index (χ0v) is 12.8. The van der Waals surface area contributed by atoms with Crippen molar-refractivity contribution in [1.82, 2.24) is 14.5 Å². The van der Waals surface area contributed by atoms with Crippen molar-refractivity contribution in [2.75, 3.05) is 7.05 Å². The zero-order chi connectivity index (χ0) is 14.0. The van der Waals surface area contributed by atoms with Gasteiger partial charge in [-0.15, -0.1) is 0 Å². The van der Waals surface area contributed by atoms with Crippen LogP contribution in [-0.2, 0) is 10.0 Å². The van der Waals surface area contributed by atoms with Crippen LogP contribution in [0.4, 0.5) is 0 Å². The van der Waals surface area contributed by atoms with E-state index in [-0.39, 0.29) is 6.04 Å². The average Bonchev–Trinajstić information content (AvgIpc) is 2.59. The third-order valence-corrected chi connectivity index (χ3v) is 6.21. The molecule has 0 unspecified atom stereocenters. The number of nitrogens with one attached hydrogen (secondary N) is 1. The van der Waals surface area contributed by atoms with Gasteiger partial charge in [0.25, 0.3) is 0 Å². The molecule has 1 saturated carbocycles. The summed E-state index contributed by atoms with van der Waals surface area (Å²) in [4.78, 5) is 0.347. The molecule has 0 spiro atoms. The smallest absolute Gasteiger partial charge is 0.246 e. The lowest BCUT2D eigenvalue weighted by atomic mass is 10.1. The Hall–Kier alpha value is -0.880. The largest absolute Gasteiger partial charge is 0.281 e. The molecule has 1 heterocycles. The summed E-state index contributed by atoms with van der Waals surface area (Å²) in [7, 11) is -1.73. The summed E-state index contributed by atoms with van der Waals surface area (Å²) in [5.41, 5.74) is 1.18. The van der Waals surface area contributed by atoms with E-state index >= 15 is 0 Å². The standard InChI is InChI=1S/C13H23N3O2S/c1-10-13(11(2)15-14-10)19(17,18)16(3)12-8-6-4-5-7-9-12/h12H,4-9H2,1-3H3,(H,14,15). The molecule has 0 amide bonds. The number of H-pyrrole nitrogens is 1. The number of aryl methyl sites for hydroxylation is 2. The third-order valence-electron chi connectivity index (χ3n) is 4.04. The normalized spacial score (nSPS) is 18.7. The molecule has 0 bridgehead atoms. The molecular weight excluding hydrogens is 262 g/mol. The maximum absolute atomic E-state index is 12.7. The Balaban J connectivity index is 2.28. The number of sulfonamides is 1. The van der Waals surface area contributed by atoms with Crippen LogP contribution in [0.25, 0.3) is 0 Å². The average molecular weight is 285 g/mol. The van der Waals surface area contributed by atoms with E-state index in [1.54, 1.807) is 25.2 Å². The third kappa shape index (κ3) is 2.84. The Kier molecular flexibility index (Phi) is 4.30. The van der Waals surface area contributed by atoms with Crippen molar-refractivity contribution in [2.45, 2.75) is 63.3 Å². The lowest BCUT2D eigenvalue weighted by Crippen LogP contribution is -2.37. The van der Waals surface area contributed by atoms with Gasteiger partial charge in [0, 0.05) is 13.1 Å². The van der Waals surface area contributed by atoms with Gasteiger partial charge in [-0.25, -0.2) is 8.42 Å². The second-order valence-corrected chi connectivity index (χ2v) is 7.36. The van der Waals surface area contributed by atoms with Crippen LogP contribution >= 0.6 is 0 Å². The maximum Gasteiger partial charge on any atom is 0.246 e. The van der Waals surface area contributed by atoms with Gasteiger partial charge >= 0.3 is 0 Å². The van der Waals surface area contributed by atoms with Crippen molar-refractivity contribution in [3.8, 4) is 0 Å². The fraction of sp³-hybridized carbons (Fsp3) is 0.769. The predicted octanol–water partition coefficient (Wildman–Crippen LogP) is 2.37. The quantitative estimate of drug-likeness (QED) is 0.867. The Morgan fingerprint density at radius 3 is 2.21 bits per heavy atom. The zero-order valence-electron chi connectivity index (χ0n) is 11.9. The molecule has 2 rings (SSSR count). The molecule has 1 aromatic heterocycles. The second-order valence-electron chi connectivity index (χ2n) is 5.43. The van der Waals surface area contributed by atoms with Crippen molar-refractivity contribution < 1.29 is 8.42 Å². The number of aromatic amines is 1. The molecule has 1 fully saturated rings. The Morgan fingerprint density at radius 2 is 1.74 bits per heavy atom. The molecule has 1 aliphatic rings. The number of hydrogen-bond acceptors (Lipinski definition) is 3. The minimum atomic E-state index is -3.43. The highest BCUT2D eigenvalue weighted by molar-refractivity contribution is 7.89. The Bertz CT molecular complexity index is 509. The first-order valence-electron chi connectivity index (χ1n) is 6.94. The molecule has 1 aliphatic carbocycles. The lowest BCUT2D eigenvalue weighted by molar-refractivity contribution is 0.335. The van der Waals surface area contributed by atoms with Crippen molar-refractivity contribution in [3.05, 3.63) is 11.4 Å². The van der Waals surface area contributed by atoms with Crippen LogP contribution < -0.4 is 0 Å². The fourth-order valence-electron chi connectivity index (χ4n) is 2.88. The summed E-state index contributed by atoms with van der Waals surface area (Å²) in [5.74, 6) is 0. The molecule has 0 radical (unpaired) electrons. The summed E-state index contributed by atoms with van der Waals surface area (Å²) in [6.07, 6.45) is 6.60. The Morgan fingerprint density at radius 1 is 1.16 bits per heavy atom. The summed E-state index contributed by atoms with van der Waals surface area (Å²) >= 11 is 0. The first-order valence-corrected chi connectivity index (χ1v) is 8.38. The monoisotopic (exact) mass is 285 g/mol. The molecule has 19 heavy (non-hydrogen) atoms. The van der Waals surface area contributed by atoms with Crippen LogP contribution in [0.2, 0.25) is 0 Å². The number of hydrogen-bond donors (Lipinski definition) is 1. The van der Waals surface area contributed by atoms with E-state index in [4.69, 9.17) is 0 Å². The highest BCUT2D eigenvalue weighted by atomic mass is 32.2. The van der Waals surface area contributed by atoms with Crippen LogP contribution in [0.15, 0.2) is 4.90 Å². The summed E-state index contributed by atoms with van der Waals surface area (Å²) in [5, 5.41) is 6.75. The van der Waals surface area contributed by atoms with Gasteiger partial charge in [0.05, 0.1) is 11.4 Å². The minimum absolute atomic E-state index is 0.126. The molecule has 108 valence electrons. The molecule has 0 aromatic carbocycles. The molecule has 1 aromatic rings. The Labute approximate surface area is 115 Å². The molecular formula is C13H23N3O2S. The van der Waals surface area contributed by atoms with Gasteiger partial charge in [0.1, 0.15) is 4.90 Å². The molecule has 0 atom stereocenters. The van der Waals surface area contributed by atoms with Gasteiger partial charge in [-0.2, -0.15) is 9.40 Å². The topological polar surface area (TPSA) is 66.1 Å². The van der Waals surface area contributed by atoms with Gasteiger partial charge in [0.15, 0.2) is 0 Å². The van der Waals surface area contributed by atoms with Gasteiger partial charge < -0.3 is 0 Å². The molecule has 5 nitrogen and oxygen atoms in total. The van der Waals surface area contributed by atoms with E-state index in [1.165, 1.54) is 12.8 Å². The molecule has 6 heteroatoms. The predicted molar refractivity (Wildman–Crippen MR) is 74.5 cm³/mol. The van der Waals surface area contributed by atoms with Crippen molar-refractivity contribution in [3.63, 3.8) is 0 Å². The van der Waals surface area contributed by atoms with Gasteiger partial charge in [-0.3, -0.25) is 5.10 Å². The first kappa shape index (κ1) is 14.5. The van der Waals surface area contributed by atoms with Crippen molar-refractivity contribution >= 4 is 10.0 Å². The van der Waals surface area contributed by atoms with E-state index in [2.05, 4.69) is 10.2 Å². The van der Waals surface area contributed by atoms with Gasteiger partial charge in [-0.1, -0.05) is 25.7 Å². The van der Waals surface area contributed by atoms with Gasteiger partial charge in [-0.05, 0) is 26.7 Å². The van der Waals surface area contributed by atoms with Gasteiger partial charge in [0.2, 0.25) is 10.0 Å². The summed E-state index contributed by atoms with van der Waals surface area (Å²) in [6.45, 7) is 3.49. The van der Waals surface area contributed by atoms with E-state index in [0.717, 1.165) is 25.7 Å². The van der Waals surface area contributed by atoms with E-state index < -0.39 is 10.0 Å². The SMILES string of the molecule is Cc1n[nH]c(C)c1S(=O)(=O)N(C)C1CCCCCC1. The van der Waals surface area contributed by atoms with E-state index in [0.29, 0.717) is 16.3 Å². The van der Waals surface area contributed by atoms with Crippen LogP contribution in [0.5, 0.6) is 0 Å². The van der Waals surface area contributed by atoms with E-state index in [1.807, 2.05) is 0 Å². The molecule has 1 N–H and O–H groups in total. The van der Waals surface area contributed by atoms with Crippen molar-refractivity contribution in [2.24, 2.45) is 0 Å². The minimum Gasteiger partial charge on any atom is -0.281 e. The van der Waals surface area contributed by atoms with Crippen molar-refractivity contribution in [1.29, 1.82) is 0 Å². The number of rotatable bonds is 3. The summed E-state index contributed by atoms with van der Waals surface area (Å²) in [6, 6.07) is 0.126. The van der Waals surface area contributed by atoms with E-state index in [9.17, 15) is 8.42 Å². The highest BCUT2D eigenvalue weighted by Crippen LogP contribution is 2.27. The van der Waals surface area contributed by atoms with Crippen LogP contribution in [0.3, 0.4) is 0 Å². The maximum atomic E-state index is 12.7. The number of aromatic nitrogens is 2. The van der Waals surface area contributed by atoms with Crippen LogP contribution in [-0.4, -0.2) is 36.0 Å². The van der Waals surface area contributed by atoms with Crippen LogP contribution in [0.1, 0.15) is 49.9 Å². The second kappa shape index (κ2) is 5.63. The summed E-state index contributed by atoms with van der Waals surface area (Å²) < 4.78 is 27.0. The first-order chi connectivity index (χ1) is 8.94. The lowest BCUT2D eigenvalue weighted by Gasteiger charge is -2.26. The molecule has 0 aliphatic heterocycles. The fourth-order valence-corrected chi connectivity index (χ4v) is 4.63. The highest BCUT2D eigenvalue weighted by Gasteiger charge is 2.31. The molecule has 0 saturated heterocycles. The van der Waals surface area contributed by atoms with Crippen LogP contribution in [0, 0.1) is 13.8 Å². The number of nitrogens with zero attached hydrogens (tertiary/aromatic N) is 2.